The molecule has 1 atom stereocenters. The highest BCUT2D eigenvalue weighted by Gasteiger charge is 2.21. The second-order valence-electron chi connectivity index (χ2n) is 4.26. The summed E-state index contributed by atoms with van der Waals surface area (Å²) in [4.78, 5) is 4.30. The van der Waals surface area contributed by atoms with Gasteiger partial charge in [-0.2, -0.15) is 0 Å². The molecule has 0 bridgehead atoms. The minimum absolute atomic E-state index is 0.152. The Bertz CT molecular complexity index is 654. The zero-order valence-corrected chi connectivity index (χ0v) is 12.6. The third-order valence-corrected chi connectivity index (χ3v) is 5.21. The lowest BCUT2D eigenvalue weighted by Crippen LogP contribution is -2.28. The van der Waals surface area contributed by atoms with Gasteiger partial charge in [-0.3, -0.25) is 0 Å². The molecule has 20 heavy (non-hydrogen) atoms. The monoisotopic (exact) mass is 312 g/mol. The van der Waals surface area contributed by atoms with Crippen LogP contribution in [0.3, 0.4) is 0 Å². The highest BCUT2D eigenvalue weighted by atomic mass is 32.2. The number of hydrogen-bond donors (Lipinski definition) is 2. The minimum atomic E-state index is -3.62. The topological polar surface area (TPSA) is 79.3 Å². The van der Waals surface area contributed by atoms with Gasteiger partial charge >= 0.3 is 0 Å². The van der Waals surface area contributed by atoms with Crippen molar-refractivity contribution in [3.8, 4) is 0 Å². The smallest absolute Gasteiger partial charge is 0.241 e. The zero-order valence-electron chi connectivity index (χ0n) is 11.0. The lowest BCUT2D eigenvalue weighted by molar-refractivity contribution is 0.281. The fourth-order valence-electron chi connectivity index (χ4n) is 1.78. The fraction of sp³-hybridized carbons (Fsp3) is 0.308. The van der Waals surface area contributed by atoms with Crippen molar-refractivity contribution >= 4 is 21.4 Å². The fourth-order valence-corrected chi connectivity index (χ4v) is 3.98. The van der Waals surface area contributed by atoms with Crippen LogP contribution < -0.4 is 4.72 Å². The SMILES string of the molecule is CCC(NS(=O)(=O)c1cccc(CO)c1)c1nccs1. The van der Waals surface area contributed by atoms with Crippen molar-refractivity contribution in [3.05, 3.63) is 46.4 Å². The van der Waals surface area contributed by atoms with Gasteiger partial charge in [0.25, 0.3) is 0 Å². The van der Waals surface area contributed by atoms with Gasteiger partial charge in [0, 0.05) is 11.6 Å². The van der Waals surface area contributed by atoms with Crippen molar-refractivity contribution in [2.24, 2.45) is 0 Å². The first-order chi connectivity index (χ1) is 9.56. The number of nitrogens with one attached hydrogen (secondary N) is 1. The van der Waals surface area contributed by atoms with Crippen LogP contribution in [0, 0.1) is 0 Å². The normalized spacial score (nSPS) is 13.3. The van der Waals surface area contributed by atoms with Crippen LogP contribution in [0.2, 0.25) is 0 Å². The molecule has 0 aliphatic carbocycles. The average Bonchev–Trinajstić information content (AvgIpc) is 2.99. The largest absolute Gasteiger partial charge is 0.392 e. The van der Waals surface area contributed by atoms with E-state index in [0.29, 0.717) is 12.0 Å². The molecule has 1 heterocycles. The van der Waals surface area contributed by atoms with Crippen molar-refractivity contribution in [1.29, 1.82) is 0 Å². The van der Waals surface area contributed by atoms with Gasteiger partial charge in [-0.15, -0.1) is 11.3 Å². The number of aliphatic hydroxyl groups is 1. The molecule has 5 nitrogen and oxygen atoms in total. The second-order valence-corrected chi connectivity index (χ2v) is 6.90. The summed E-state index contributed by atoms with van der Waals surface area (Å²) in [7, 11) is -3.62. The van der Waals surface area contributed by atoms with E-state index in [2.05, 4.69) is 9.71 Å². The third-order valence-electron chi connectivity index (χ3n) is 2.85. The number of aromatic nitrogens is 1. The summed E-state index contributed by atoms with van der Waals surface area (Å²) < 4.78 is 27.3. The summed E-state index contributed by atoms with van der Waals surface area (Å²) in [5, 5.41) is 11.6. The number of sulfonamides is 1. The molecule has 0 aliphatic heterocycles. The highest BCUT2D eigenvalue weighted by molar-refractivity contribution is 7.89. The van der Waals surface area contributed by atoms with Gasteiger partial charge in [-0.1, -0.05) is 19.1 Å². The summed E-state index contributed by atoms with van der Waals surface area (Å²) in [5.74, 6) is 0. The Kier molecular flexibility index (Phi) is 4.87. The molecule has 0 saturated heterocycles. The molecule has 0 fully saturated rings. The number of nitrogens with zero attached hydrogens (tertiary/aromatic N) is 1. The predicted octanol–water partition coefficient (Wildman–Crippen LogP) is 2.07. The molecule has 7 heteroatoms. The molecule has 0 radical (unpaired) electrons. The van der Waals surface area contributed by atoms with Crippen molar-refractivity contribution in [1.82, 2.24) is 9.71 Å². The van der Waals surface area contributed by atoms with Gasteiger partial charge < -0.3 is 5.11 Å². The van der Waals surface area contributed by atoms with E-state index in [1.807, 2.05) is 12.3 Å². The maximum atomic E-state index is 12.3. The van der Waals surface area contributed by atoms with E-state index in [-0.39, 0.29) is 17.5 Å². The molecule has 0 aliphatic rings. The zero-order chi connectivity index (χ0) is 14.6. The maximum Gasteiger partial charge on any atom is 0.241 e. The Hall–Kier alpha value is -1.28. The van der Waals surface area contributed by atoms with Crippen LogP contribution in [0.15, 0.2) is 40.7 Å². The molecule has 108 valence electrons. The number of rotatable bonds is 6. The number of hydrogen-bond acceptors (Lipinski definition) is 5. The van der Waals surface area contributed by atoms with E-state index >= 15 is 0 Å². The Labute approximate surface area is 122 Å². The van der Waals surface area contributed by atoms with Gasteiger partial charge in [-0.05, 0) is 24.1 Å². The molecule has 1 aromatic heterocycles. The van der Waals surface area contributed by atoms with E-state index in [4.69, 9.17) is 5.11 Å². The number of aliphatic hydroxyl groups excluding tert-OH is 1. The molecular formula is C13H16N2O3S2. The lowest BCUT2D eigenvalue weighted by Gasteiger charge is -2.15. The van der Waals surface area contributed by atoms with Gasteiger partial charge in [0.05, 0.1) is 17.5 Å². The van der Waals surface area contributed by atoms with Gasteiger partial charge in [0.15, 0.2) is 0 Å². The summed E-state index contributed by atoms with van der Waals surface area (Å²) in [6.45, 7) is 1.71. The van der Waals surface area contributed by atoms with Gasteiger partial charge in [0.2, 0.25) is 10.0 Å². The lowest BCUT2D eigenvalue weighted by atomic mass is 10.2. The van der Waals surface area contributed by atoms with Crippen molar-refractivity contribution < 1.29 is 13.5 Å². The third kappa shape index (κ3) is 3.43. The van der Waals surface area contributed by atoms with E-state index in [9.17, 15) is 8.42 Å². The molecule has 0 amide bonds. The van der Waals surface area contributed by atoms with Crippen LogP contribution in [0.25, 0.3) is 0 Å². The van der Waals surface area contributed by atoms with Crippen LogP contribution in [0.1, 0.15) is 30.0 Å². The minimum Gasteiger partial charge on any atom is -0.392 e. The van der Waals surface area contributed by atoms with Gasteiger partial charge in [0.1, 0.15) is 5.01 Å². The van der Waals surface area contributed by atoms with E-state index in [0.717, 1.165) is 5.01 Å². The number of thiazole rings is 1. The Morgan fingerprint density at radius 2 is 2.25 bits per heavy atom. The van der Waals surface area contributed by atoms with Crippen LogP contribution in [-0.2, 0) is 16.6 Å². The van der Waals surface area contributed by atoms with Crippen LogP contribution in [0.5, 0.6) is 0 Å². The van der Waals surface area contributed by atoms with E-state index in [1.165, 1.54) is 23.5 Å². The molecule has 2 N–H and O–H groups in total. The Morgan fingerprint density at radius 3 is 2.85 bits per heavy atom. The molecule has 0 spiro atoms. The summed E-state index contributed by atoms with van der Waals surface area (Å²) in [6.07, 6.45) is 2.27. The molecule has 1 unspecified atom stereocenters. The summed E-state index contributed by atoms with van der Waals surface area (Å²) in [6, 6.07) is 5.94. The Balaban J connectivity index is 2.26. The molecule has 2 aromatic rings. The van der Waals surface area contributed by atoms with Crippen LogP contribution in [0.4, 0.5) is 0 Å². The maximum absolute atomic E-state index is 12.3. The van der Waals surface area contributed by atoms with Gasteiger partial charge in [-0.25, -0.2) is 18.1 Å². The van der Waals surface area contributed by atoms with Crippen LogP contribution >= 0.6 is 11.3 Å². The molecular weight excluding hydrogens is 296 g/mol. The standard InChI is InChI=1S/C13H16N2O3S2/c1-2-12(13-14-6-7-19-13)15-20(17,18)11-5-3-4-10(8-11)9-16/h3-8,12,15-16H,2,9H2,1H3. The molecule has 2 rings (SSSR count). The van der Waals surface area contributed by atoms with E-state index < -0.39 is 10.0 Å². The quantitative estimate of drug-likeness (QED) is 0.856. The summed E-state index contributed by atoms with van der Waals surface area (Å²) >= 11 is 1.42. The number of benzene rings is 1. The highest BCUT2D eigenvalue weighted by Crippen LogP contribution is 2.22. The first-order valence-corrected chi connectivity index (χ1v) is 8.54. The first kappa shape index (κ1) is 15.1. The second kappa shape index (κ2) is 6.45. The van der Waals surface area contributed by atoms with Crippen molar-refractivity contribution in [3.63, 3.8) is 0 Å². The average molecular weight is 312 g/mol. The predicted molar refractivity (Wildman–Crippen MR) is 77.8 cm³/mol. The molecule has 1 aromatic carbocycles. The van der Waals surface area contributed by atoms with Crippen LogP contribution in [-0.4, -0.2) is 18.5 Å². The van der Waals surface area contributed by atoms with Crippen molar-refractivity contribution in [2.75, 3.05) is 0 Å². The van der Waals surface area contributed by atoms with Crippen molar-refractivity contribution in [2.45, 2.75) is 30.9 Å². The Morgan fingerprint density at radius 1 is 1.45 bits per heavy atom. The first-order valence-electron chi connectivity index (χ1n) is 6.18. The van der Waals surface area contributed by atoms with E-state index in [1.54, 1.807) is 18.3 Å². The summed E-state index contributed by atoms with van der Waals surface area (Å²) in [5.41, 5.74) is 0.565. The molecule has 0 saturated carbocycles.